The van der Waals surface area contributed by atoms with Crippen LogP contribution >= 0.6 is 27.5 Å². The van der Waals surface area contributed by atoms with Gasteiger partial charge in [-0.3, -0.25) is 4.79 Å². The van der Waals surface area contributed by atoms with E-state index in [1.165, 1.54) is 12.1 Å². The van der Waals surface area contributed by atoms with Gasteiger partial charge in [-0.05, 0) is 36.4 Å². The zero-order valence-electron chi connectivity index (χ0n) is 11.2. The summed E-state index contributed by atoms with van der Waals surface area (Å²) in [5, 5.41) is 12.2. The van der Waals surface area contributed by atoms with Gasteiger partial charge in [-0.15, -0.1) is 0 Å². The summed E-state index contributed by atoms with van der Waals surface area (Å²) in [6.07, 6.45) is 0. The number of benzene rings is 2. The number of anilines is 1. The Morgan fingerprint density at radius 3 is 2.68 bits per heavy atom. The zero-order valence-corrected chi connectivity index (χ0v) is 13.5. The fraction of sp³-hybridized carbons (Fsp3) is 0.0667. The minimum Gasteiger partial charge on any atom is -0.483 e. The number of carboxylic acid groups (broad SMARTS) is 1. The normalized spacial score (nSPS) is 10.1. The maximum absolute atomic E-state index is 11.8. The molecule has 2 rings (SSSR count). The molecule has 2 aromatic rings. The first-order chi connectivity index (χ1) is 10.5. The van der Waals surface area contributed by atoms with Crippen molar-refractivity contribution in [3.8, 4) is 5.75 Å². The Bertz CT molecular complexity index is 720. The predicted octanol–water partition coefficient (Wildman–Crippen LogP) is 3.82. The monoisotopic (exact) mass is 383 g/mol. The summed E-state index contributed by atoms with van der Waals surface area (Å²) in [7, 11) is 0. The van der Waals surface area contributed by atoms with Crippen molar-refractivity contribution in [1.82, 2.24) is 0 Å². The molecule has 0 aliphatic carbocycles. The molecule has 0 heterocycles. The predicted molar refractivity (Wildman–Crippen MR) is 86.7 cm³/mol. The molecule has 0 saturated carbocycles. The van der Waals surface area contributed by atoms with Crippen molar-refractivity contribution in [3.63, 3.8) is 0 Å². The number of ether oxygens (including phenoxy) is 1. The van der Waals surface area contributed by atoms with E-state index >= 15 is 0 Å². The number of nitrogens with one attached hydrogen (secondary N) is 1. The Hall–Kier alpha value is -2.05. The number of carboxylic acids is 1. The van der Waals surface area contributed by atoms with Crippen LogP contribution in [0, 0.1) is 0 Å². The lowest BCUT2D eigenvalue weighted by atomic mass is 10.2. The molecule has 7 heteroatoms. The average molecular weight is 385 g/mol. The molecule has 114 valence electrons. The van der Waals surface area contributed by atoms with Gasteiger partial charge in [0.2, 0.25) is 0 Å². The van der Waals surface area contributed by atoms with Gasteiger partial charge < -0.3 is 15.2 Å². The first-order valence-electron chi connectivity index (χ1n) is 6.17. The first kappa shape index (κ1) is 16.3. The summed E-state index contributed by atoms with van der Waals surface area (Å²) < 4.78 is 5.88. The van der Waals surface area contributed by atoms with E-state index in [4.69, 9.17) is 21.4 Å². The summed E-state index contributed by atoms with van der Waals surface area (Å²) in [5.74, 6) is -1.43. The summed E-state index contributed by atoms with van der Waals surface area (Å²) in [4.78, 5) is 22.9. The molecule has 0 unspecified atom stereocenters. The molecule has 0 atom stereocenters. The second kappa shape index (κ2) is 7.29. The van der Waals surface area contributed by atoms with Crippen LogP contribution in [0.5, 0.6) is 5.75 Å². The van der Waals surface area contributed by atoms with Gasteiger partial charge in [-0.25, -0.2) is 4.79 Å². The highest BCUT2D eigenvalue weighted by Crippen LogP contribution is 2.23. The number of hydrogen-bond acceptors (Lipinski definition) is 3. The lowest BCUT2D eigenvalue weighted by Crippen LogP contribution is -2.20. The number of carbonyl (C=O) groups is 2. The van der Waals surface area contributed by atoms with Gasteiger partial charge >= 0.3 is 5.97 Å². The zero-order chi connectivity index (χ0) is 16.1. The van der Waals surface area contributed by atoms with Gasteiger partial charge in [-0.1, -0.05) is 33.6 Å². The fourth-order valence-electron chi connectivity index (χ4n) is 1.70. The van der Waals surface area contributed by atoms with Crippen molar-refractivity contribution in [1.29, 1.82) is 0 Å². The minimum atomic E-state index is -1.13. The Kier molecular flexibility index (Phi) is 5.41. The third-order valence-corrected chi connectivity index (χ3v) is 3.37. The Labute approximate surface area is 140 Å². The van der Waals surface area contributed by atoms with Gasteiger partial charge in [0.1, 0.15) is 11.3 Å². The molecule has 0 radical (unpaired) electrons. The van der Waals surface area contributed by atoms with E-state index in [-0.39, 0.29) is 17.9 Å². The van der Waals surface area contributed by atoms with E-state index in [2.05, 4.69) is 21.2 Å². The average Bonchev–Trinajstić information content (AvgIpc) is 2.45. The SMILES string of the molecule is O=C(COc1ccc(Br)cc1C(=O)O)Nc1cccc(Cl)c1. The number of carbonyl (C=O) groups excluding carboxylic acids is 1. The molecule has 0 spiro atoms. The molecule has 5 nitrogen and oxygen atoms in total. The van der Waals surface area contributed by atoms with Crippen LogP contribution in [-0.2, 0) is 4.79 Å². The number of hydrogen-bond donors (Lipinski definition) is 2. The molecule has 1 amide bonds. The van der Waals surface area contributed by atoms with Crippen LogP contribution in [0.1, 0.15) is 10.4 Å². The number of halogens is 2. The van der Waals surface area contributed by atoms with Crippen LogP contribution in [0.25, 0.3) is 0 Å². The van der Waals surface area contributed by atoms with Gasteiger partial charge in [0.15, 0.2) is 6.61 Å². The molecular weight excluding hydrogens is 374 g/mol. The van der Waals surface area contributed by atoms with E-state index < -0.39 is 11.9 Å². The second-order valence-corrected chi connectivity index (χ2v) is 5.64. The van der Waals surface area contributed by atoms with Crippen LogP contribution in [0.15, 0.2) is 46.9 Å². The van der Waals surface area contributed by atoms with E-state index in [9.17, 15) is 9.59 Å². The standard InChI is InChI=1S/C15H11BrClNO4/c16-9-4-5-13(12(6-9)15(20)21)22-8-14(19)18-11-3-1-2-10(17)7-11/h1-7H,8H2,(H,18,19)(H,20,21). The summed E-state index contributed by atoms with van der Waals surface area (Å²) in [5.41, 5.74) is 0.514. The lowest BCUT2D eigenvalue weighted by Gasteiger charge is -2.10. The molecule has 0 aromatic heterocycles. The van der Waals surface area contributed by atoms with Crippen LogP contribution in [0.2, 0.25) is 5.02 Å². The summed E-state index contributed by atoms with van der Waals surface area (Å²) in [6.45, 7) is -0.311. The molecule has 0 aliphatic heterocycles. The molecule has 0 fully saturated rings. The van der Waals surface area contributed by atoms with E-state index in [0.717, 1.165) is 0 Å². The number of rotatable bonds is 5. The van der Waals surface area contributed by atoms with E-state index in [0.29, 0.717) is 15.2 Å². The lowest BCUT2D eigenvalue weighted by molar-refractivity contribution is -0.118. The van der Waals surface area contributed by atoms with E-state index in [1.807, 2.05) is 0 Å². The second-order valence-electron chi connectivity index (χ2n) is 4.29. The van der Waals surface area contributed by atoms with Crippen LogP contribution in [-0.4, -0.2) is 23.6 Å². The molecular formula is C15H11BrClNO4. The van der Waals surface area contributed by atoms with Crippen molar-refractivity contribution in [2.45, 2.75) is 0 Å². The fourth-order valence-corrected chi connectivity index (χ4v) is 2.25. The van der Waals surface area contributed by atoms with Gasteiger partial charge in [0, 0.05) is 15.2 Å². The maximum atomic E-state index is 11.8. The third-order valence-electron chi connectivity index (χ3n) is 2.64. The molecule has 0 aliphatic rings. The van der Waals surface area contributed by atoms with Crippen molar-refractivity contribution >= 4 is 45.1 Å². The highest BCUT2D eigenvalue weighted by Gasteiger charge is 2.13. The smallest absolute Gasteiger partial charge is 0.339 e. The molecule has 0 bridgehead atoms. The topological polar surface area (TPSA) is 75.6 Å². The van der Waals surface area contributed by atoms with E-state index in [1.54, 1.807) is 30.3 Å². The van der Waals surface area contributed by atoms with Gasteiger partial charge in [-0.2, -0.15) is 0 Å². The van der Waals surface area contributed by atoms with Crippen molar-refractivity contribution in [3.05, 3.63) is 57.5 Å². The highest BCUT2D eigenvalue weighted by atomic mass is 79.9. The van der Waals surface area contributed by atoms with Crippen LogP contribution in [0.4, 0.5) is 5.69 Å². The maximum Gasteiger partial charge on any atom is 0.339 e. The first-order valence-corrected chi connectivity index (χ1v) is 7.34. The molecule has 2 N–H and O–H groups in total. The summed E-state index contributed by atoms with van der Waals surface area (Å²) in [6, 6.07) is 11.2. The van der Waals surface area contributed by atoms with Crippen molar-refractivity contribution in [2.75, 3.05) is 11.9 Å². The Morgan fingerprint density at radius 2 is 2.00 bits per heavy atom. The molecule has 2 aromatic carbocycles. The minimum absolute atomic E-state index is 0.0232. The third kappa shape index (κ3) is 4.47. The Morgan fingerprint density at radius 1 is 1.23 bits per heavy atom. The van der Waals surface area contributed by atoms with Gasteiger partial charge in [0.05, 0.1) is 0 Å². The quantitative estimate of drug-likeness (QED) is 0.822. The van der Waals surface area contributed by atoms with Crippen LogP contribution < -0.4 is 10.1 Å². The van der Waals surface area contributed by atoms with Crippen LogP contribution in [0.3, 0.4) is 0 Å². The highest BCUT2D eigenvalue weighted by molar-refractivity contribution is 9.10. The number of aromatic carboxylic acids is 1. The number of amides is 1. The molecule has 22 heavy (non-hydrogen) atoms. The molecule has 0 saturated heterocycles. The van der Waals surface area contributed by atoms with Crippen molar-refractivity contribution in [2.24, 2.45) is 0 Å². The largest absolute Gasteiger partial charge is 0.483 e. The Balaban J connectivity index is 2.01. The van der Waals surface area contributed by atoms with Gasteiger partial charge in [0.25, 0.3) is 5.91 Å². The van der Waals surface area contributed by atoms with Crippen molar-refractivity contribution < 1.29 is 19.4 Å². The summed E-state index contributed by atoms with van der Waals surface area (Å²) >= 11 is 9.00.